The zero-order valence-corrected chi connectivity index (χ0v) is 10.1. The van der Waals surface area contributed by atoms with E-state index in [1.165, 1.54) is 0 Å². The number of nitrogens with one attached hydrogen (secondary N) is 2. The molecule has 2 heterocycles. The minimum atomic E-state index is -0.152. The highest BCUT2D eigenvalue weighted by atomic mass is 16.2. The van der Waals surface area contributed by atoms with Gasteiger partial charge in [0.1, 0.15) is 5.82 Å². The summed E-state index contributed by atoms with van der Waals surface area (Å²) in [6.45, 7) is 1.92. The van der Waals surface area contributed by atoms with E-state index in [0.29, 0.717) is 11.5 Å². The third kappa shape index (κ3) is 2.91. The Morgan fingerprint density at radius 2 is 2.29 bits per heavy atom. The van der Waals surface area contributed by atoms with Crippen LogP contribution in [0.25, 0.3) is 0 Å². The van der Waals surface area contributed by atoms with Gasteiger partial charge in [-0.05, 0) is 32.1 Å². The van der Waals surface area contributed by atoms with Gasteiger partial charge in [0.05, 0.1) is 0 Å². The van der Waals surface area contributed by atoms with E-state index in [9.17, 15) is 4.79 Å². The van der Waals surface area contributed by atoms with Crippen molar-refractivity contribution in [2.45, 2.75) is 12.5 Å². The summed E-state index contributed by atoms with van der Waals surface area (Å²) in [5, 5.41) is 13.6. The third-order valence-corrected chi connectivity index (χ3v) is 2.88. The molecule has 0 aromatic carbocycles. The molecule has 1 fully saturated rings. The summed E-state index contributed by atoms with van der Waals surface area (Å²) in [4.78, 5) is 14.0. The van der Waals surface area contributed by atoms with Crippen molar-refractivity contribution in [2.75, 3.05) is 32.5 Å². The summed E-state index contributed by atoms with van der Waals surface area (Å²) in [7, 11) is 3.81. The first kappa shape index (κ1) is 11.8. The number of carbonyl (C=O) groups is 1. The molecule has 2 rings (SSSR count). The Balaban J connectivity index is 1.94. The van der Waals surface area contributed by atoms with Crippen LogP contribution in [0.15, 0.2) is 12.1 Å². The molecule has 1 aromatic heterocycles. The average molecular weight is 235 g/mol. The van der Waals surface area contributed by atoms with Crippen molar-refractivity contribution in [2.24, 2.45) is 0 Å². The lowest BCUT2D eigenvalue weighted by atomic mass is 10.2. The van der Waals surface area contributed by atoms with Gasteiger partial charge in [-0.1, -0.05) is 0 Å². The van der Waals surface area contributed by atoms with E-state index in [1.54, 1.807) is 19.2 Å². The molecule has 1 unspecified atom stereocenters. The summed E-state index contributed by atoms with van der Waals surface area (Å²) in [6, 6.07) is 3.63. The molecule has 17 heavy (non-hydrogen) atoms. The van der Waals surface area contributed by atoms with Gasteiger partial charge in [-0.2, -0.15) is 0 Å². The number of nitrogens with zero attached hydrogens (tertiary/aromatic N) is 3. The normalized spacial score (nSPS) is 20.2. The largest absolute Gasteiger partial charge is 0.372 e. The van der Waals surface area contributed by atoms with Gasteiger partial charge < -0.3 is 15.5 Å². The van der Waals surface area contributed by atoms with Crippen molar-refractivity contribution in [3.05, 3.63) is 17.8 Å². The number of rotatable bonds is 3. The van der Waals surface area contributed by atoms with Gasteiger partial charge in [-0.3, -0.25) is 4.79 Å². The molecule has 6 heteroatoms. The Bertz CT molecular complexity index is 391. The molecule has 0 aliphatic carbocycles. The molecule has 1 aromatic rings. The molecular weight excluding hydrogens is 218 g/mol. The summed E-state index contributed by atoms with van der Waals surface area (Å²) in [6.07, 6.45) is 0.990. The minimum Gasteiger partial charge on any atom is -0.372 e. The van der Waals surface area contributed by atoms with Crippen LogP contribution >= 0.6 is 0 Å². The van der Waals surface area contributed by atoms with Gasteiger partial charge in [-0.25, -0.2) is 0 Å². The Labute approximate surface area is 100 Å². The van der Waals surface area contributed by atoms with E-state index in [1.807, 2.05) is 7.05 Å². The fourth-order valence-corrected chi connectivity index (χ4v) is 1.90. The molecule has 1 aliphatic heterocycles. The molecular formula is C11H17N5O. The fraction of sp³-hybridized carbons (Fsp3) is 0.545. The van der Waals surface area contributed by atoms with Gasteiger partial charge in [0.25, 0.3) is 5.91 Å². The molecule has 2 N–H and O–H groups in total. The summed E-state index contributed by atoms with van der Waals surface area (Å²) in [5.74, 6) is 0.502. The Morgan fingerprint density at radius 3 is 2.82 bits per heavy atom. The molecule has 0 bridgehead atoms. The van der Waals surface area contributed by atoms with E-state index < -0.39 is 0 Å². The van der Waals surface area contributed by atoms with Crippen LogP contribution in [0.3, 0.4) is 0 Å². The molecule has 6 nitrogen and oxygen atoms in total. The van der Waals surface area contributed by atoms with Gasteiger partial charge in [-0.15, -0.1) is 10.2 Å². The summed E-state index contributed by atoms with van der Waals surface area (Å²) >= 11 is 0. The fourth-order valence-electron chi connectivity index (χ4n) is 1.90. The lowest BCUT2D eigenvalue weighted by Crippen LogP contribution is -2.37. The van der Waals surface area contributed by atoms with Crippen molar-refractivity contribution in [1.29, 1.82) is 0 Å². The quantitative estimate of drug-likeness (QED) is 0.769. The second-order valence-corrected chi connectivity index (χ2v) is 4.28. The number of carbonyl (C=O) groups excluding carboxylic acids is 1. The predicted octanol–water partition coefficient (Wildman–Crippen LogP) is -0.0478. The number of hydrogen-bond donors (Lipinski definition) is 2. The topological polar surface area (TPSA) is 70.2 Å². The van der Waals surface area contributed by atoms with Crippen molar-refractivity contribution in [1.82, 2.24) is 20.4 Å². The molecule has 0 saturated carbocycles. The standard InChI is InChI=1S/C11H17N5O/c1-12-10-4-3-9(14-15-10)11(17)13-8-5-6-16(2)7-8/h3-4,8H,5-7H2,1-2H3,(H,12,15)(H,13,17). The molecule has 0 radical (unpaired) electrons. The molecule has 1 saturated heterocycles. The predicted molar refractivity (Wildman–Crippen MR) is 64.9 cm³/mol. The zero-order chi connectivity index (χ0) is 12.3. The highest BCUT2D eigenvalue weighted by Gasteiger charge is 2.22. The number of amides is 1. The Hall–Kier alpha value is -1.69. The van der Waals surface area contributed by atoms with Crippen LogP contribution in [-0.4, -0.2) is 54.2 Å². The summed E-state index contributed by atoms with van der Waals surface area (Å²) < 4.78 is 0. The lowest BCUT2D eigenvalue weighted by Gasteiger charge is -2.12. The Morgan fingerprint density at radius 1 is 1.47 bits per heavy atom. The van der Waals surface area contributed by atoms with Crippen LogP contribution in [0.4, 0.5) is 5.82 Å². The second-order valence-electron chi connectivity index (χ2n) is 4.28. The van der Waals surface area contributed by atoms with E-state index >= 15 is 0 Å². The SMILES string of the molecule is CNc1ccc(C(=O)NC2CCN(C)C2)nn1. The maximum absolute atomic E-state index is 11.9. The van der Waals surface area contributed by atoms with Crippen LogP contribution in [0, 0.1) is 0 Å². The molecule has 1 atom stereocenters. The molecule has 1 amide bonds. The average Bonchev–Trinajstić information content (AvgIpc) is 2.75. The number of anilines is 1. The Kier molecular flexibility index (Phi) is 3.53. The number of likely N-dealkylation sites (tertiary alicyclic amines) is 1. The van der Waals surface area contributed by atoms with Crippen LogP contribution in [-0.2, 0) is 0 Å². The minimum absolute atomic E-state index is 0.152. The van der Waals surface area contributed by atoms with Crippen LogP contribution in [0.5, 0.6) is 0 Å². The summed E-state index contributed by atoms with van der Waals surface area (Å²) in [5.41, 5.74) is 0.360. The molecule has 1 aliphatic rings. The first-order chi connectivity index (χ1) is 8.19. The highest BCUT2D eigenvalue weighted by Crippen LogP contribution is 2.07. The van der Waals surface area contributed by atoms with Gasteiger partial charge >= 0.3 is 0 Å². The lowest BCUT2D eigenvalue weighted by molar-refractivity contribution is 0.0932. The first-order valence-corrected chi connectivity index (χ1v) is 5.70. The van der Waals surface area contributed by atoms with Crippen molar-refractivity contribution in [3.8, 4) is 0 Å². The first-order valence-electron chi connectivity index (χ1n) is 5.70. The van der Waals surface area contributed by atoms with E-state index in [-0.39, 0.29) is 11.9 Å². The van der Waals surface area contributed by atoms with Gasteiger partial charge in [0.15, 0.2) is 5.69 Å². The molecule has 92 valence electrons. The maximum Gasteiger partial charge on any atom is 0.272 e. The van der Waals surface area contributed by atoms with Crippen molar-refractivity contribution < 1.29 is 4.79 Å². The number of aromatic nitrogens is 2. The second kappa shape index (κ2) is 5.09. The van der Waals surface area contributed by atoms with Crippen LogP contribution in [0.2, 0.25) is 0 Å². The third-order valence-electron chi connectivity index (χ3n) is 2.88. The number of likely N-dealkylation sites (N-methyl/N-ethyl adjacent to an activating group) is 1. The van der Waals surface area contributed by atoms with Crippen LogP contribution in [0.1, 0.15) is 16.9 Å². The van der Waals surface area contributed by atoms with Gasteiger partial charge in [0, 0.05) is 19.6 Å². The van der Waals surface area contributed by atoms with E-state index in [2.05, 4.69) is 25.7 Å². The van der Waals surface area contributed by atoms with Gasteiger partial charge in [0.2, 0.25) is 0 Å². The monoisotopic (exact) mass is 235 g/mol. The smallest absolute Gasteiger partial charge is 0.272 e. The van der Waals surface area contributed by atoms with E-state index in [0.717, 1.165) is 19.5 Å². The van der Waals surface area contributed by atoms with Crippen molar-refractivity contribution >= 4 is 11.7 Å². The number of hydrogen-bond acceptors (Lipinski definition) is 5. The van der Waals surface area contributed by atoms with E-state index in [4.69, 9.17) is 0 Å². The maximum atomic E-state index is 11.9. The van der Waals surface area contributed by atoms with Crippen molar-refractivity contribution in [3.63, 3.8) is 0 Å². The van der Waals surface area contributed by atoms with Crippen LogP contribution < -0.4 is 10.6 Å². The highest BCUT2D eigenvalue weighted by molar-refractivity contribution is 5.92. The molecule has 0 spiro atoms. The zero-order valence-electron chi connectivity index (χ0n) is 10.1.